The van der Waals surface area contributed by atoms with Crippen molar-refractivity contribution >= 4 is 29.5 Å². The average molecular weight is 484 g/mol. The number of nitrogens with zero attached hydrogens (tertiary/aromatic N) is 1. The number of thioether (sulfide) groups is 1. The Bertz CT molecular complexity index is 1100. The summed E-state index contributed by atoms with van der Waals surface area (Å²) in [5.74, 6) is -1.24. The Morgan fingerprint density at radius 1 is 1.15 bits per heavy atom. The maximum atomic E-state index is 13.6. The summed E-state index contributed by atoms with van der Waals surface area (Å²) in [6, 6.07) is 11.9. The van der Waals surface area contributed by atoms with Crippen LogP contribution in [0.15, 0.2) is 48.5 Å². The molecule has 8 heteroatoms. The van der Waals surface area contributed by atoms with Crippen LogP contribution in [0.3, 0.4) is 0 Å². The first-order valence-corrected chi connectivity index (χ1v) is 12.4. The lowest BCUT2D eigenvalue weighted by molar-refractivity contribution is -0.133. The quantitative estimate of drug-likeness (QED) is 0.624. The van der Waals surface area contributed by atoms with E-state index in [4.69, 9.17) is 0 Å². The van der Waals surface area contributed by atoms with Gasteiger partial charge in [-0.15, -0.1) is 11.8 Å². The Morgan fingerprint density at radius 2 is 1.82 bits per heavy atom. The lowest BCUT2D eigenvalue weighted by Gasteiger charge is -2.32. The number of rotatable bonds is 7. The van der Waals surface area contributed by atoms with E-state index in [0.717, 1.165) is 11.1 Å². The predicted octanol–water partition coefficient (Wildman–Crippen LogP) is 4.02. The molecule has 34 heavy (non-hydrogen) atoms. The molecular formula is C26H30FN3O3S. The highest BCUT2D eigenvalue weighted by molar-refractivity contribution is 8.01. The highest BCUT2D eigenvalue weighted by atomic mass is 32.2. The minimum atomic E-state index is -0.752. The molecule has 2 aliphatic heterocycles. The smallest absolute Gasteiger partial charge is 0.256 e. The third kappa shape index (κ3) is 4.43. The van der Waals surface area contributed by atoms with Crippen molar-refractivity contribution in [2.24, 2.45) is 5.92 Å². The van der Waals surface area contributed by atoms with Gasteiger partial charge in [0.25, 0.3) is 5.91 Å². The zero-order valence-corrected chi connectivity index (χ0v) is 20.6. The van der Waals surface area contributed by atoms with Crippen LogP contribution in [0.25, 0.3) is 0 Å². The van der Waals surface area contributed by atoms with Gasteiger partial charge in [-0.25, -0.2) is 4.39 Å². The zero-order chi connectivity index (χ0) is 24.6. The topological polar surface area (TPSA) is 78.5 Å². The van der Waals surface area contributed by atoms with E-state index in [-0.39, 0.29) is 41.4 Å². The van der Waals surface area contributed by atoms with Gasteiger partial charge in [0.1, 0.15) is 23.3 Å². The molecule has 2 N–H and O–H groups in total. The van der Waals surface area contributed by atoms with Crippen LogP contribution in [0.5, 0.6) is 0 Å². The second-order valence-electron chi connectivity index (χ2n) is 9.49. The molecule has 1 fully saturated rings. The molecule has 180 valence electrons. The predicted molar refractivity (Wildman–Crippen MR) is 130 cm³/mol. The Balaban J connectivity index is 1.51. The number of carbonyl (C=O) groups excluding carboxylic acids is 3. The van der Waals surface area contributed by atoms with Gasteiger partial charge in [-0.05, 0) is 49.1 Å². The van der Waals surface area contributed by atoms with Crippen LogP contribution in [0.1, 0.15) is 61.0 Å². The lowest BCUT2D eigenvalue weighted by Crippen LogP contribution is -2.58. The molecular weight excluding hydrogens is 453 g/mol. The second kappa shape index (κ2) is 9.41. The molecule has 4 atom stereocenters. The standard InChI is InChI=1S/C26H30FN3O3S/c1-5-15(2)20(22(31)28-14-16-10-12-17(27)13-11-16)29-23(32)21-26(3,4)34-25-19-9-7-6-8-18(19)24(33)30(21)25/h6-13,15,20-21,25H,5,14H2,1-4H3,(H,28,31)(H,29,32)/t15?,20-,21+,25?/m0/s1. The van der Waals surface area contributed by atoms with Crippen LogP contribution >= 0.6 is 11.8 Å². The maximum absolute atomic E-state index is 13.6. The van der Waals surface area contributed by atoms with E-state index < -0.39 is 16.8 Å². The molecule has 4 rings (SSSR count). The summed E-state index contributed by atoms with van der Waals surface area (Å²) >= 11 is 1.59. The van der Waals surface area contributed by atoms with Gasteiger partial charge in [0, 0.05) is 16.9 Å². The first-order valence-electron chi connectivity index (χ1n) is 11.6. The largest absolute Gasteiger partial charge is 0.350 e. The number of carbonyl (C=O) groups is 3. The van der Waals surface area contributed by atoms with E-state index in [9.17, 15) is 18.8 Å². The molecule has 0 aliphatic carbocycles. The van der Waals surface area contributed by atoms with Gasteiger partial charge in [0.05, 0.1) is 0 Å². The van der Waals surface area contributed by atoms with E-state index >= 15 is 0 Å². The summed E-state index contributed by atoms with van der Waals surface area (Å²) in [7, 11) is 0. The minimum absolute atomic E-state index is 0.114. The van der Waals surface area contributed by atoms with Crippen molar-refractivity contribution in [3.05, 3.63) is 71.0 Å². The first-order chi connectivity index (χ1) is 16.1. The first kappa shape index (κ1) is 24.3. The number of amides is 3. The van der Waals surface area contributed by atoms with Gasteiger partial charge >= 0.3 is 0 Å². The SMILES string of the molecule is CCC(C)[C@H](NC(=O)[C@H]1N2C(=O)c3ccccc3C2SC1(C)C)C(=O)NCc1ccc(F)cc1. The van der Waals surface area contributed by atoms with Gasteiger partial charge in [0.2, 0.25) is 11.8 Å². The maximum Gasteiger partial charge on any atom is 0.256 e. The number of nitrogens with one attached hydrogen (secondary N) is 2. The van der Waals surface area contributed by atoms with Crippen molar-refractivity contribution in [3.8, 4) is 0 Å². The molecule has 0 saturated carbocycles. The fourth-order valence-corrected chi connectivity index (χ4v) is 6.23. The van der Waals surface area contributed by atoms with Crippen LogP contribution in [0.4, 0.5) is 4.39 Å². The number of hydrogen-bond acceptors (Lipinski definition) is 4. The minimum Gasteiger partial charge on any atom is -0.350 e. The normalized spacial score (nSPS) is 22.0. The van der Waals surface area contributed by atoms with Crippen molar-refractivity contribution in [2.75, 3.05) is 0 Å². The van der Waals surface area contributed by atoms with Crippen molar-refractivity contribution < 1.29 is 18.8 Å². The van der Waals surface area contributed by atoms with Gasteiger partial charge in [-0.2, -0.15) is 0 Å². The molecule has 2 aromatic rings. The number of hydrogen-bond donors (Lipinski definition) is 2. The van der Waals surface area contributed by atoms with Crippen LogP contribution in [-0.2, 0) is 16.1 Å². The number of benzene rings is 2. The Morgan fingerprint density at radius 3 is 2.50 bits per heavy atom. The average Bonchev–Trinajstić information content (AvgIpc) is 3.25. The molecule has 2 unspecified atom stereocenters. The molecule has 0 aromatic heterocycles. The molecule has 2 aromatic carbocycles. The molecule has 0 spiro atoms. The summed E-state index contributed by atoms with van der Waals surface area (Å²) in [6.45, 7) is 8.03. The zero-order valence-electron chi connectivity index (χ0n) is 19.8. The van der Waals surface area contributed by atoms with Gasteiger partial charge in [-0.3, -0.25) is 14.4 Å². The summed E-state index contributed by atoms with van der Waals surface area (Å²) in [5.41, 5.74) is 2.32. The van der Waals surface area contributed by atoms with Crippen LogP contribution in [0, 0.1) is 11.7 Å². The van der Waals surface area contributed by atoms with Crippen LogP contribution < -0.4 is 10.6 Å². The third-order valence-electron chi connectivity index (χ3n) is 6.72. The van der Waals surface area contributed by atoms with Crippen molar-refractivity contribution in [1.82, 2.24) is 15.5 Å². The van der Waals surface area contributed by atoms with E-state index in [1.807, 2.05) is 45.9 Å². The molecule has 6 nitrogen and oxygen atoms in total. The molecule has 0 bridgehead atoms. The van der Waals surface area contributed by atoms with E-state index in [0.29, 0.717) is 12.0 Å². The van der Waals surface area contributed by atoms with Crippen molar-refractivity contribution in [3.63, 3.8) is 0 Å². The number of halogens is 1. The summed E-state index contributed by atoms with van der Waals surface area (Å²) in [5, 5.41) is 5.59. The summed E-state index contributed by atoms with van der Waals surface area (Å²) in [6.07, 6.45) is 0.689. The fourth-order valence-electron chi connectivity index (χ4n) is 4.64. The van der Waals surface area contributed by atoms with E-state index in [1.54, 1.807) is 34.9 Å². The molecule has 0 radical (unpaired) electrons. The monoisotopic (exact) mass is 483 g/mol. The van der Waals surface area contributed by atoms with E-state index in [2.05, 4.69) is 10.6 Å². The molecule has 2 heterocycles. The Hall–Kier alpha value is -2.87. The third-order valence-corrected chi connectivity index (χ3v) is 8.25. The van der Waals surface area contributed by atoms with Crippen molar-refractivity contribution in [1.29, 1.82) is 0 Å². The van der Waals surface area contributed by atoms with Gasteiger partial charge < -0.3 is 15.5 Å². The highest BCUT2D eigenvalue weighted by Gasteiger charge is 2.57. The second-order valence-corrected chi connectivity index (χ2v) is 11.2. The number of fused-ring (bicyclic) bond motifs is 3. The summed E-state index contributed by atoms with van der Waals surface area (Å²) < 4.78 is 12.6. The van der Waals surface area contributed by atoms with Crippen molar-refractivity contribution in [2.45, 2.75) is 62.9 Å². The van der Waals surface area contributed by atoms with Crippen LogP contribution in [-0.4, -0.2) is 39.5 Å². The lowest BCUT2D eigenvalue weighted by atomic mass is 9.95. The molecule has 1 saturated heterocycles. The highest BCUT2D eigenvalue weighted by Crippen LogP contribution is 2.56. The molecule has 3 amide bonds. The van der Waals surface area contributed by atoms with Gasteiger partial charge in [-0.1, -0.05) is 50.6 Å². The summed E-state index contributed by atoms with van der Waals surface area (Å²) in [4.78, 5) is 41.5. The van der Waals surface area contributed by atoms with Gasteiger partial charge in [0.15, 0.2) is 0 Å². The molecule has 2 aliphatic rings. The Kier molecular flexibility index (Phi) is 6.71. The van der Waals surface area contributed by atoms with E-state index in [1.165, 1.54) is 12.1 Å². The Labute approximate surface area is 203 Å². The van der Waals surface area contributed by atoms with Crippen LogP contribution in [0.2, 0.25) is 0 Å². The fraction of sp³-hybridized carbons (Fsp3) is 0.423.